The summed E-state index contributed by atoms with van der Waals surface area (Å²) in [5.74, 6) is 0. The molecule has 0 aliphatic heterocycles. The summed E-state index contributed by atoms with van der Waals surface area (Å²) in [6, 6.07) is 0. The van der Waals surface area contributed by atoms with Crippen molar-refractivity contribution < 1.29 is 59.6 Å². The van der Waals surface area contributed by atoms with Crippen LogP contribution in [0.5, 0.6) is 0 Å². The van der Waals surface area contributed by atoms with Crippen molar-refractivity contribution in [1.82, 2.24) is 0 Å². The fourth-order valence-electron chi connectivity index (χ4n) is 0. The summed E-state index contributed by atoms with van der Waals surface area (Å²) in [6.07, 6.45) is 0. The fourth-order valence-corrected chi connectivity index (χ4v) is 0. The van der Waals surface area contributed by atoms with Crippen LogP contribution in [0.1, 0.15) is 1.43 Å². The quantitative estimate of drug-likeness (QED) is 0.302. The zero-order chi connectivity index (χ0) is 4.50. The van der Waals surface area contributed by atoms with Crippen molar-refractivity contribution in [2.24, 2.45) is 0 Å². The van der Waals surface area contributed by atoms with Gasteiger partial charge in [-0.1, -0.05) is 0 Å². The average Bonchev–Trinajstić information content (AvgIpc) is 0.722. The number of halogens is 1. The molecule has 0 aliphatic carbocycles. The monoisotopic (exact) mass is 181 g/mol. The van der Waals surface area contributed by atoms with E-state index < -0.39 is 10.4 Å². The van der Waals surface area contributed by atoms with Crippen LogP contribution in [-0.2, 0) is 27.5 Å². The predicted octanol–water partition coefficient (Wildman–Crippen LogP) is -3.39. The van der Waals surface area contributed by atoms with Crippen LogP contribution < -0.4 is 18.9 Å². The Hall–Kier alpha value is 0.917. The van der Waals surface area contributed by atoms with Gasteiger partial charge in [0.15, 0.2) is 0 Å². The van der Waals surface area contributed by atoms with Crippen molar-refractivity contribution in [3.05, 3.63) is 0 Å². The van der Waals surface area contributed by atoms with E-state index in [1.807, 2.05) is 0 Å². The Morgan fingerprint density at radius 3 is 1.25 bits per heavy atom. The molecule has 0 spiro atoms. The second-order valence-electron chi connectivity index (χ2n) is 0.448. The summed E-state index contributed by atoms with van der Waals surface area (Å²) < 4.78 is 31.6. The summed E-state index contributed by atoms with van der Waals surface area (Å²) in [5.41, 5.74) is 0. The molecular weight excluding hydrogens is 177 g/mol. The molecule has 0 unspecified atom stereocenters. The van der Waals surface area contributed by atoms with Crippen molar-refractivity contribution in [3.63, 3.8) is 0 Å². The SMILES string of the molecule is F.O=S(=O)(O)O.[H-].[Li+].[Mn]. The molecule has 8 heavy (non-hydrogen) atoms. The van der Waals surface area contributed by atoms with Gasteiger partial charge in [0.05, 0.1) is 0 Å². The van der Waals surface area contributed by atoms with Crippen molar-refractivity contribution in [2.75, 3.05) is 0 Å². The molecule has 2 N–H and O–H groups in total. The van der Waals surface area contributed by atoms with Gasteiger partial charge in [0.25, 0.3) is 0 Å². The average molecular weight is 181 g/mol. The third kappa shape index (κ3) is 288. The third-order valence-corrected chi connectivity index (χ3v) is 0. The molecule has 0 saturated carbocycles. The van der Waals surface area contributed by atoms with Gasteiger partial charge >= 0.3 is 29.3 Å². The second-order valence-corrected chi connectivity index (χ2v) is 1.34. The topological polar surface area (TPSA) is 74.6 Å². The molecule has 0 aromatic heterocycles. The Labute approximate surface area is 70.1 Å². The normalized spacial score (nSPS) is 7.25. The zero-order valence-electron chi connectivity index (χ0n) is 4.91. The largest absolute Gasteiger partial charge is 1.00 e. The molecule has 4 nitrogen and oxygen atoms in total. The number of rotatable bonds is 0. The Balaban J connectivity index is -0.0000000133. The van der Waals surface area contributed by atoms with Gasteiger partial charge in [0, 0.05) is 17.1 Å². The molecule has 49 valence electrons. The molecule has 0 heterocycles. The van der Waals surface area contributed by atoms with Crippen LogP contribution in [0.3, 0.4) is 0 Å². The van der Waals surface area contributed by atoms with Crippen LogP contribution in [0, 0.1) is 0 Å². The molecule has 0 saturated heterocycles. The van der Waals surface area contributed by atoms with E-state index in [4.69, 9.17) is 17.5 Å². The van der Waals surface area contributed by atoms with Crippen LogP contribution in [0.2, 0.25) is 0 Å². The van der Waals surface area contributed by atoms with Gasteiger partial charge in [-0.2, -0.15) is 8.42 Å². The molecule has 0 aliphatic rings. The van der Waals surface area contributed by atoms with Gasteiger partial charge in [0.2, 0.25) is 0 Å². The molecule has 8 heteroatoms. The smallest absolute Gasteiger partial charge is 1.00 e. The van der Waals surface area contributed by atoms with Crippen molar-refractivity contribution in [1.29, 1.82) is 0 Å². The van der Waals surface area contributed by atoms with Crippen molar-refractivity contribution in [2.45, 2.75) is 0 Å². The minimum Gasteiger partial charge on any atom is -1.00 e. The van der Waals surface area contributed by atoms with Crippen molar-refractivity contribution in [3.8, 4) is 0 Å². The summed E-state index contributed by atoms with van der Waals surface area (Å²) >= 11 is 0. The minimum absolute atomic E-state index is 0. The van der Waals surface area contributed by atoms with Crippen LogP contribution in [0.25, 0.3) is 0 Å². The fraction of sp³-hybridized carbons (Fsp3) is 0. The molecule has 0 atom stereocenters. The molecule has 1 radical (unpaired) electrons. The Kier molecular flexibility index (Phi) is 22.9. The molecule has 0 bridgehead atoms. The standard InChI is InChI=1S/FH.Li.Mn.H2O4S.H/c;;;1-5(2,3)4;/h1H;;;(H2,1,2,3,4);/q;+1;;;-1. The van der Waals surface area contributed by atoms with Crippen LogP contribution in [-0.4, -0.2) is 17.5 Å². The summed E-state index contributed by atoms with van der Waals surface area (Å²) in [5, 5.41) is 0. The van der Waals surface area contributed by atoms with Crippen LogP contribution in [0.4, 0.5) is 4.70 Å². The Morgan fingerprint density at radius 1 is 1.25 bits per heavy atom. The zero-order valence-corrected chi connectivity index (χ0v) is 5.90. The molecule has 0 aromatic carbocycles. The molecular formula is H4FLiMnO4S. The summed E-state index contributed by atoms with van der Waals surface area (Å²) in [6.45, 7) is 0. The summed E-state index contributed by atoms with van der Waals surface area (Å²) in [7, 11) is -4.67. The van der Waals surface area contributed by atoms with E-state index in [0.717, 1.165) is 0 Å². The molecule has 0 fully saturated rings. The minimum atomic E-state index is -4.67. The Bertz CT molecular complexity index is 104. The van der Waals surface area contributed by atoms with Gasteiger partial charge in [0.1, 0.15) is 0 Å². The first-order valence-electron chi connectivity index (χ1n) is 0.698. The Morgan fingerprint density at radius 2 is 1.25 bits per heavy atom. The second kappa shape index (κ2) is 7.92. The van der Waals surface area contributed by atoms with E-state index in [1.165, 1.54) is 0 Å². The van der Waals surface area contributed by atoms with E-state index in [1.54, 1.807) is 0 Å². The van der Waals surface area contributed by atoms with Crippen LogP contribution in [0.15, 0.2) is 0 Å². The van der Waals surface area contributed by atoms with Crippen molar-refractivity contribution >= 4 is 10.4 Å². The van der Waals surface area contributed by atoms with Gasteiger partial charge in [-0.05, 0) is 0 Å². The summed E-state index contributed by atoms with van der Waals surface area (Å²) in [4.78, 5) is 0. The van der Waals surface area contributed by atoms with E-state index in [2.05, 4.69) is 0 Å². The van der Waals surface area contributed by atoms with Gasteiger partial charge in [-0.25, -0.2) is 0 Å². The first-order chi connectivity index (χ1) is 2.00. The van der Waals surface area contributed by atoms with Crippen LogP contribution >= 0.6 is 0 Å². The molecule has 0 amide bonds. The van der Waals surface area contributed by atoms with E-state index in [-0.39, 0.29) is 42.1 Å². The maximum absolute atomic E-state index is 8.74. The third-order valence-electron chi connectivity index (χ3n) is 0. The van der Waals surface area contributed by atoms with Gasteiger partial charge in [-0.15, -0.1) is 0 Å². The van der Waals surface area contributed by atoms with Gasteiger partial charge < -0.3 is 1.43 Å². The molecule has 0 aromatic rings. The number of hydrogen-bond acceptors (Lipinski definition) is 2. The molecule has 0 rings (SSSR count). The van der Waals surface area contributed by atoms with E-state index in [0.29, 0.717) is 0 Å². The maximum atomic E-state index is 8.74. The maximum Gasteiger partial charge on any atom is 1.00 e. The predicted molar refractivity (Wildman–Crippen MR) is 17.8 cm³/mol. The number of hydrogen-bond donors (Lipinski definition) is 2. The van der Waals surface area contributed by atoms with Gasteiger partial charge in [-0.3, -0.25) is 13.8 Å². The van der Waals surface area contributed by atoms with E-state index >= 15 is 0 Å². The first-order valence-corrected chi connectivity index (χ1v) is 2.10. The first kappa shape index (κ1) is 23.1. The van der Waals surface area contributed by atoms with E-state index in [9.17, 15) is 0 Å².